The SMILES string of the molecule is CC(C)OCC(=O)Nc1cc(C(=O)O)ccn1. The maximum absolute atomic E-state index is 11.4. The standard InChI is InChI=1S/C11H14N2O4/c1-7(2)17-6-10(14)13-9-5-8(11(15)16)3-4-12-9/h3-5,7H,6H2,1-2H3,(H,15,16)(H,12,13,14). The Kier molecular flexibility index (Phi) is 4.59. The number of carboxylic acids is 1. The topological polar surface area (TPSA) is 88.5 Å². The molecule has 1 heterocycles. The third-order valence-corrected chi connectivity index (χ3v) is 1.82. The molecule has 0 spiro atoms. The summed E-state index contributed by atoms with van der Waals surface area (Å²) in [6, 6.07) is 2.64. The summed E-state index contributed by atoms with van der Waals surface area (Å²) in [4.78, 5) is 25.9. The molecule has 0 bridgehead atoms. The largest absolute Gasteiger partial charge is 0.478 e. The van der Waals surface area contributed by atoms with E-state index in [1.165, 1.54) is 18.3 Å². The minimum absolute atomic E-state index is 0.0425. The Bertz CT molecular complexity index is 418. The van der Waals surface area contributed by atoms with Gasteiger partial charge in [0.05, 0.1) is 11.7 Å². The average Bonchev–Trinajstić information content (AvgIpc) is 2.26. The van der Waals surface area contributed by atoms with Crippen molar-refractivity contribution in [2.24, 2.45) is 0 Å². The minimum Gasteiger partial charge on any atom is -0.478 e. The molecule has 2 N–H and O–H groups in total. The first-order chi connectivity index (χ1) is 7.99. The maximum Gasteiger partial charge on any atom is 0.335 e. The summed E-state index contributed by atoms with van der Waals surface area (Å²) in [6.45, 7) is 3.55. The zero-order valence-electron chi connectivity index (χ0n) is 9.64. The molecule has 1 rings (SSSR count). The third-order valence-electron chi connectivity index (χ3n) is 1.82. The fraction of sp³-hybridized carbons (Fsp3) is 0.364. The highest BCUT2D eigenvalue weighted by molar-refractivity contribution is 5.93. The van der Waals surface area contributed by atoms with Gasteiger partial charge in [0.15, 0.2) is 0 Å². The van der Waals surface area contributed by atoms with E-state index in [1.54, 1.807) is 0 Å². The lowest BCUT2D eigenvalue weighted by Crippen LogP contribution is -2.21. The van der Waals surface area contributed by atoms with Gasteiger partial charge in [0.25, 0.3) is 5.91 Å². The molecule has 0 saturated carbocycles. The molecule has 0 saturated heterocycles. The zero-order chi connectivity index (χ0) is 12.8. The number of amides is 1. The number of anilines is 1. The smallest absolute Gasteiger partial charge is 0.335 e. The number of carboxylic acid groups (broad SMARTS) is 1. The summed E-state index contributed by atoms with van der Waals surface area (Å²) in [5.74, 6) is -1.24. The summed E-state index contributed by atoms with van der Waals surface area (Å²) in [6.07, 6.45) is 1.28. The molecular weight excluding hydrogens is 224 g/mol. The number of carbonyl (C=O) groups is 2. The second kappa shape index (κ2) is 5.95. The summed E-state index contributed by atoms with van der Waals surface area (Å²) in [5.41, 5.74) is 0.0695. The molecule has 0 fully saturated rings. The van der Waals surface area contributed by atoms with E-state index in [0.717, 1.165) is 0 Å². The highest BCUT2D eigenvalue weighted by Crippen LogP contribution is 2.06. The quantitative estimate of drug-likeness (QED) is 0.803. The molecule has 0 radical (unpaired) electrons. The monoisotopic (exact) mass is 238 g/mol. The molecule has 1 aromatic heterocycles. The van der Waals surface area contributed by atoms with Gasteiger partial charge in [0.1, 0.15) is 12.4 Å². The lowest BCUT2D eigenvalue weighted by Gasteiger charge is -2.08. The summed E-state index contributed by atoms with van der Waals surface area (Å²) >= 11 is 0. The van der Waals surface area contributed by atoms with Crippen LogP contribution in [0.4, 0.5) is 5.82 Å². The first-order valence-corrected chi connectivity index (χ1v) is 5.10. The van der Waals surface area contributed by atoms with Crippen LogP contribution in [0.3, 0.4) is 0 Å². The molecule has 0 aromatic carbocycles. The maximum atomic E-state index is 11.4. The molecule has 1 aromatic rings. The molecule has 0 aliphatic carbocycles. The van der Waals surface area contributed by atoms with Crippen molar-refractivity contribution in [1.82, 2.24) is 4.98 Å². The van der Waals surface area contributed by atoms with E-state index < -0.39 is 5.97 Å². The third kappa shape index (κ3) is 4.60. The van der Waals surface area contributed by atoms with E-state index in [9.17, 15) is 9.59 Å². The van der Waals surface area contributed by atoms with E-state index in [0.29, 0.717) is 0 Å². The molecule has 6 heteroatoms. The summed E-state index contributed by atoms with van der Waals surface area (Å²) < 4.78 is 5.10. The van der Waals surface area contributed by atoms with Gasteiger partial charge in [-0.3, -0.25) is 4.79 Å². The van der Waals surface area contributed by atoms with Crippen LogP contribution in [-0.2, 0) is 9.53 Å². The van der Waals surface area contributed by atoms with Crippen LogP contribution in [0.2, 0.25) is 0 Å². The zero-order valence-corrected chi connectivity index (χ0v) is 9.64. The van der Waals surface area contributed by atoms with Crippen molar-refractivity contribution in [2.45, 2.75) is 20.0 Å². The van der Waals surface area contributed by atoms with Crippen LogP contribution in [0.15, 0.2) is 18.3 Å². The van der Waals surface area contributed by atoms with E-state index >= 15 is 0 Å². The van der Waals surface area contributed by atoms with Gasteiger partial charge in [-0.15, -0.1) is 0 Å². The van der Waals surface area contributed by atoms with Crippen molar-refractivity contribution >= 4 is 17.7 Å². The molecule has 0 unspecified atom stereocenters. The number of ether oxygens (including phenoxy) is 1. The lowest BCUT2D eigenvalue weighted by molar-refractivity contribution is -0.121. The van der Waals surface area contributed by atoms with Crippen molar-refractivity contribution < 1.29 is 19.4 Å². The molecule has 0 aliphatic rings. The van der Waals surface area contributed by atoms with Crippen LogP contribution in [0, 0.1) is 0 Å². The number of hydrogen-bond donors (Lipinski definition) is 2. The molecular formula is C11H14N2O4. The highest BCUT2D eigenvalue weighted by atomic mass is 16.5. The number of aromatic carboxylic acids is 1. The normalized spacial score (nSPS) is 10.3. The van der Waals surface area contributed by atoms with Gasteiger partial charge in [-0.1, -0.05) is 0 Å². The molecule has 17 heavy (non-hydrogen) atoms. The van der Waals surface area contributed by atoms with Crippen LogP contribution >= 0.6 is 0 Å². The first kappa shape index (κ1) is 13.1. The van der Waals surface area contributed by atoms with Crippen LogP contribution in [-0.4, -0.2) is 34.7 Å². The Labute approximate surface area is 98.6 Å². The van der Waals surface area contributed by atoms with Crippen molar-refractivity contribution in [3.63, 3.8) is 0 Å². The predicted octanol–water partition coefficient (Wildman–Crippen LogP) is 1.14. The second-order valence-electron chi connectivity index (χ2n) is 3.64. The van der Waals surface area contributed by atoms with Crippen LogP contribution < -0.4 is 5.32 Å². The van der Waals surface area contributed by atoms with Crippen LogP contribution in [0.25, 0.3) is 0 Å². The number of rotatable bonds is 5. The van der Waals surface area contributed by atoms with Crippen LogP contribution in [0.5, 0.6) is 0 Å². The Balaban J connectivity index is 2.59. The van der Waals surface area contributed by atoms with Gasteiger partial charge in [-0.05, 0) is 26.0 Å². The Morgan fingerprint density at radius 2 is 2.24 bits per heavy atom. The molecule has 0 atom stereocenters. The van der Waals surface area contributed by atoms with E-state index in [4.69, 9.17) is 9.84 Å². The van der Waals surface area contributed by atoms with E-state index in [2.05, 4.69) is 10.3 Å². The fourth-order valence-electron chi connectivity index (χ4n) is 1.05. The van der Waals surface area contributed by atoms with Crippen LogP contribution in [0.1, 0.15) is 24.2 Å². The van der Waals surface area contributed by atoms with Gasteiger partial charge in [0, 0.05) is 6.20 Å². The van der Waals surface area contributed by atoms with Crippen molar-refractivity contribution in [2.75, 3.05) is 11.9 Å². The lowest BCUT2D eigenvalue weighted by atomic mass is 10.2. The first-order valence-electron chi connectivity index (χ1n) is 5.10. The minimum atomic E-state index is -1.07. The van der Waals surface area contributed by atoms with Gasteiger partial charge in [0.2, 0.25) is 0 Å². The fourth-order valence-corrected chi connectivity index (χ4v) is 1.05. The van der Waals surface area contributed by atoms with Gasteiger partial charge >= 0.3 is 5.97 Å². The molecule has 0 aliphatic heterocycles. The Hall–Kier alpha value is -1.95. The Morgan fingerprint density at radius 3 is 2.82 bits per heavy atom. The number of hydrogen-bond acceptors (Lipinski definition) is 4. The van der Waals surface area contributed by atoms with Gasteiger partial charge in [-0.2, -0.15) is 0 Å². The second-order valence-corrected chi connectivity index (χ2v) is 3.64. The Morgan fingerprint density at radius 1 is 1.53 bits per heavy atom. The average molecular weight is 238 g/mol. The van der Waals surface area contributed by atoms with Crippen molar-refractivity contribution in [3.8, 4) is 0 Å². The number of aromatic nitrogens is 1. The van der Waals surface area contributed by atoms with Gasteiger partial charge in [-0.25, -0.2) is 9.78 Å². The number of pyridine rings is 1. The van der Waals surface area contributed by atoms with Gasteiger partial charge < -0.3 is 15.2 Å². The number of nitrogens with one attached hydrogen (secondary N) is 1. The predicted molar refractivity (Wildman–Crippen MR) is 60.9 cm³/mol. The highest BCUT2D eigenvalue weighted by Gasteiger charge is 2.07. The summed E-state index contributed by atoms with van der Waals surface area (Å²) in [7, 11) is 0. The molecule has 1 amide bonds. The molecule has 6 nitrogen and oxygen atoms in total. The van der Waals surface area contributed by atoms with E-state index in [-0.39, 0.29) is 30.0 Å². The number of carbonyl (C=O) groups excluding carboxylic acids is 1. The van der Waals surface area contributed by atoms with Crippen molar-refractivity contribution in [3.05, 3.63) is 23.9 Å². The number of nitrogens with zero attached hydrogens (tertiary/aromatic N) is 1. The summed E-state index contributed by atoms with van der Waals surface area (Å²) in [5, 5.41) is 11.2. The molecule has 92 valence electrons. The van der Waals surface area contributed by atoms with E-state index in [1.807, 2.05) is 13.8 Å². The van der Waals surface area contributed by atoms with Crippen molar-refractivity contribution in [1.29, 1.82) is 0 Å².